The third-order valence-electron chi connectivity index (χ3n) is 3.75. The Morgan fingerprint density at radius 3 is 2.54 bits per heavy atom. The highest BCUT2D eigenvalue weighted by Crippen LogP contribution is 2.24. The van der Waals surface area contributed by atoms with Gasteiger partial charge in [0.15, 0.2) is 10.8 Å². The van der Waals surface area contributed by atoms with E-state index in [4.69, 9.17) is 0 Å². The second-order valence-electron chi connectivity index (χ2n) is 5.65. The molecule has 0 radical (unpaired) electrons. The van der Waals surface area contributed by atoms with Crippen LogP contribution in [-0.2, 0) is 6.54 Å². The number of amides is 1. The van der Waals surface area contributed by atoms with Crippen molar-refractivity contribution in [3.05, 3.63) is 83.5 Å². The van der Waals surface area contributed by atoms with Crippen molar-refractivity contribution in [1.29, 1.82) is 0 Å². The van der Waals surface area contributed by atoms with Crippen molar-refractivity contribution >= 4 is 22.4 Å². The lowest BCUT2D eigenvalue weighted by atomic mass is 10.2. The molecule has 2 aromatic heterocycles. The molecule has 0 aliphatic rings. The molecule has 2 heterocycles. The molecule has 26 heavy (non-hydrogen) atoms. The first kappa shape index (κ1) is 16.2. The van der Waals surface area contributed by atoms with Gasteiger partial charge in [-0.15, -0.1) is 16.4 Å². The van der Waals surface area contributed by atoms with Crippen LogP contribution in [0.3, 0.4) is 0 Å². The van der Waals surface area contributed by atoms with E-state index in [1.165, 1.54) is 11.3 Å². The fourth-order valence-corrected chi connectivity index (χ4v) is 3.20. The van der Waals surface area contributed by atoms with E-state index in [0.29, 0.717) is 11.7 Å². The first-order chi connectivity index (χ1) is 12.8. The topological polar surface area (TPSA) is 72.7 Å². The van der Waals surface area contributed by atoms with Crippen molar-refractivity contribution < 1.29 is 4.79 Å². The standard InChI is InChI=1S/C19H15N5OS/c25-18(16-12-24(23-22-16)11-14-7-3-1-4-8-14)21-19-20-17(13-26-19)15-9-5-2-6-10-15/h1-10,12-13H,11H2,(H,20,21,25). The van der Waals surface area contributed by atoms with Crippen molar-refractivity contribution in [3.8, 4) is 11.3 Å². The van der Waals surface area contributed by atoms with Gasteiger partial charge in [0, 0.05) is 10.9 Å². The maximum Gasteiger partial charge on any atom is 0.279 e. The first-order valence-corrected chi connectivity index (χ1v) is 8.92. The zero-order valence-corrected chi connectivity index (χ0v) is 14.6. The average Bonchev–Trinajstić information content (AvgIpc) is 3.33. The fraction of sp³-hybridized carbons (Fsp3) is 0.0526. The number of rotatable bonds is 5. The van der Waals surface area contributed by atoms with Crippen LogP contribution in [-0.4, -0.2) is 25.9 Å². The third-order valence-corrected chi connectivity index (χ3v) is 4.51. The lowest BCUT2D eigenvalue weighted by Gasteiger charge is -1.99. The van der Waals surface area contributed by atoms with Crippen molar-refractivity contribution in [1.82, 2.24) is 20.0 Å². The molecule has 0 fully saturated rings. The van der Waals surface area contributed by atoms with Crippen molar-refractivity contribution in [2.45, 2.75) is 6.54 Å². The van der Waals surface area contributed by atoms with Gasteiger partial charge in [0.05, 0.1) is 18.4 Å². The SMILES string of the molecule is O=C(Nc1nc(-c2ccccc2)cs1)c1cn(Cc2ccccc2)nn1. The van der Waals surface area contributed by atoms with Crippen molar-refractivity contribution in [3.63, 3.8) is 0 Å². The van der Waals surface area contributed by atoms with Crippen LogP contribution in [0.4, 0.5) is 5.13 Å². The highest BCUT2D eigenvalue weighted by molar-refractivity contribution is 7.14. The van der Waals surface area contributed by atoms with Gasteiger partial charge in [0.25, 0.3) is 5.91 Å². The van der Waals surface area contributed by atoms with Gasteiger partial charge in [0.1, 0.15) is 0 Å². The fourth-order valence-electron chi connectivity index (χ4n) is 2.48. The number of benzene rings is 2. The summed E-state index contributed by atoms with van der Waals surface area (Å²) in [5.41, 5.74) is 3.20. The minimum atomic E-state index is -0.321. The third kappa shape index (κ3) is 3.68. The molecule has 0 unspecified atom stereocenters. The number of carbonyl (C=O) groups is 1. The first-order valence-electron chi connectivity index (χ1n) is 8.04. The second kappa shape index (κ2) is 7.28. The van der Waals surface area contributed by atoms with Gasteiger partial charge in [-0.05, 0) is 5.56 Å². The van der Waals surface area contributed by atoms with Crippen LogP contribution < -0.4 is 5.32 Å². The Bertz CT molecular complexity index is 1010. The number of carbonyl (C=O) groups excluding carboxylic acids is 1. The molecule has 4 aromatic rings. The number of nitrogens with one attached hydrogen (secondary N) is 1. The Morgan fingerprint density at radius 1 is 1.04 bits per heavy atom. The maximum atomic E-state index is 12.4. The highest BCUT2D eigenvalue weighted by Gasteiger charge is 2.13. The molecule has 0 atom stereocenters. The molecule has 2 aromatic carbocycles. The van der Waals surface area contributed by atoms with Gasteiger partial charge in [-0.2, -0.15) is 0 Å². The summed E-state index contributed by atoms with van der Waals surface area (Å²) in [6.07, 6.45) is 1.63. The van der Waals surface area contributed by atoms with Gasteiger partial charge < -0.3 is 0 Å². The second-order valence-corrected chi connectivity index (χ2v) is 6.50. The lowest BCUT2D eigenvalue weighted by molar-refractivity contribution is 0.102. The normalized spacial score (nSPS) is 10.6. The summed E-state index contributed by atoms with van der Waals surface area (Å²) in [5.74, 6) is -0.321. The molecule has 7 heteroatoms. The molecule has 6 nitrogen and oxygen atoms in total. The molecule has 128 valence electrons. The predicted molar refractivity (Wildman–Crippen MR) is 101 cm³/mol. The minimum absolute atomic E-state index is 0.261. The van der Waals surface area contributed by atoms with Gasteiger partial charge in [-0.25, -0.2) is 9.67 Å². The molecular weight excluding hydrogens is 346 g/mol. The van der Waals surface area contributed by atoms with Gasteiger partial charge in [0.2, 0.25) is 0 Å². The molecule has 1 amide bonds. The number of hydrogen-bond acceptors (Lipinski definition) is 5. The van der Waals surface area contributed by atoms with Crippen molar-refractivity contribution in [2.75, 3.05) is 5.32 Å². The van der Waals surface area contributed by atoms with E-state index in [0.717, 1.165) is 16.8 Å². The summed E-state index contributed by atoms with van der Waals surface area (Å²) in [6.45, 7) is 0.566. The summed E-state index contributed by atoms with van der Waals surface area (Å²) in [5, 5.41) is 13.2. The highest BCUT2D eigenvalue weighted by atomic mass is 32.1. The Hall–Kier alpha value is -3.32. The monoisotopic (exact) mass is 361 g/mol. The Morgan fingerprint density at radius 2 is 1.77 bits per heavy atom. The van der Waals surface area contributed by atoms with E-state index < -0.39 is 0 Å². The van der Waals surface area contributed by atoms with Crippen LogP contribution in [0.2, 0.25) is 0 Å². The largest absolute Gasteiger partial charge is 0.296 e. The molecule has 0 aliphatic carbocycles. The quantitative estimate of drug-likeness (QED) is 0.588. The molecular formula is C19H15N5OS. The van der Waals surface area contributed by atoms with Gasteiger partial charge in [-0.1, -0.05) is 65.9 Å². The summed E-state index contributed by atoms with van der Waals surface area (Å²) < 4.78 is 1.64. The molecule has 0 aliphatic heterocycles. The van der Waals surface area contributed by atoms with Crippen LogP contribution in [0.5, 0.6) is 0 Å². The summed E-state index contributed by atoms with van der Waals surface area (Å²) in [7, 11) is 0. The number of thiazole rings is 1. The smallest absolute Gasteiger partial charge is 0.279 e. The van der Waals surface area contributed by atoms with E-state index >= 15 is 0 Å². The summed E-state index contributed by atoms with van der Waals surface area (Å²) in [4.78, 5) is 16.8. The zero-order valence-electron chi connectivity index (χ0n) is 13.7. The van der Waals surface area contributed by atoms with Crippen LogP contribution >= 0.6 is 11.3 Å². The number of hydrogen-bond donors (Lipinski definition) is 1. The maximum absolute atomic E-state index is 12.4. The van der Waals surface area contributed by atoms with E-state index in [1.54, 1.807) is 10.9 Å². The Balaban J connectivity index is 1.43. The van der Waals surface area contributed by atoms with Crippen molar-refractivity contribution in [2.24, 2.45) is 0 Å². The zero-order chi connectivity index (χ0) is 17.8. The molecule has 0 bridgehead atoms. The molecule has 1 N–H and O–H groups in total. The molecule has 4 rings (SSSR count). The van der Waals surface area contributed by atoms with E-state index in [-0.39, 0.29) is 11.6 Å². The molecule has 0 saturated carbocycles. The Labute approximate surface area is 154 Å². The lowest BCUT2D eigenvalue weighted by Crippen LogP contribution is -2.12. The average molecular weight is 361 g/mol. The van der Waals surface area contributed by atoms with Gasteiger partial charge in [-0.3, -0.25) is 10.1 Å². The minimum Gasteiger partial charge on any atom is -0.296 e. The summed E-state index contributed by atoms with van der Waals surface area (Å²) in [6, 6.07) is 19.7. The van der Waals surface area contributed by atoms with Crippen LogP contribution in [0, 0.1) is 0 Å². The molecule has 0 saturated heterocycles. The van der Waals surface area contributed by atoms with E-state index in [2.05, 4.69) is 20.6 Å². The van der Waals surface area contributed by atoms with Gasteiger partial charge >= 0.3 is 0 Å². The number of anilines is 1. The summed E-state index contributed by atoms with van der Waals surface area (Å²) >= 11 is 1.38. The van der Waals surface area contributed by atoms with Crippen LogP contribution in [0.25, 0.3) is 11.3 Å². The van der Waals surface area contributed by atoms with E-state index in [9.17, 15) is 4.79 Å². The van der Waals surface area contributed by atoms with Crippen LogP contribution in [0.1, 0.15) is 16.1 Å². The van der Waals surface area contributed by atoms with E-state index in [1.807, 2.05) is 66.0 Å². The predicted octanol–water partition coefficient (Wildman–Crippen LogP) is 3.70. The Kier molecular flexibility index (Phi) is 4.53. The number of aromatic nitrogens is 4. The number of nitrogens with zero attached hydrogens (tertiary/aromatic N) is 4. The molecule has 0 spiro atoms. The van der Waals surface area contributed by atoms with Crippen LogP contribution in [0.15, 0.2) is 72.2 Å².